The molecule has 4 nitrogen and oxygen atoms in total. The summed E-state index contributed by atoms with van der Waals surface area (Å²) < 4.78 is 28.7. The molecule has 0 aromatic heterocycles. The number of carbonyl (C=O) groups is 1. The molecular weight excluding hydrogens is 397 g/mol. The Morgan fingerprint density at radius 1 is 1.26 bits per heavy atom. The Hall–Kier alpha value is -1.89. The Morgan fingerprint density at radius 3 is 2.67 bits per heavy atom. The van der Waals surface area contributed by atoms with Crippen LogP contribution in [0.4, 0.5) is 8.78 Å². The average molecular weight is 417 g/mol. The summed E-state index contributed by atoms with van der Waals surface area (Å²) in [6, 6.07) is 13.6. The molecule has 2 aromatic carbocycles. The summed E-state index contributed by atoms with van der Waals surface area (Å²) in [5, 5.41) is 3.94. The van der Waals surface area contributed by atoms with Crippen molar-refractivity contribution in [2.24, 2.45) is 0 Å². The molecule has 1 amide bonds. The van der Waals surface area contributed by atoms with E-state index < -0.39 is 6.61 Å². The van der Waals surface area contributed by atoms with Crippen molar-refractivity contribution in [2.75, 3.05) is 19.6 Å². The van der Waals surface area contributed by atoms with Gasteiger partial charge < -0.3 is 15.0 Å². The van der Waals surface area contributed by atoms with Gasteiger partial charge in [0.05, 0.1) is 12.5 Å². The van der Waals surface area contributed by atoms with Gasteiger partial charge >= 0.3 is 6.61 Å². The second-order valence-corrected chi connectivity index (χ2v) is 6.50. The van der Waals surface area contributed by atoms with Crippen molar-refractivity contribution in [1.29, 1.82) is 0 Å². The van der Waals surface area contributed by atoms with Gasteiger partial charge in [-0.25, -0.2) is 0 Å². The molecule has 1 saturated heterocycles. The number of rotatable bonds is 5. The molecule has 146 valence electrons. The molecule has 8 heteroatoms. The number of hydrogen-bond acceptors (Lipinski definition) is 3. The number of hydrogen-bond donors (Lipinski definition) is 1. The smallest absolute Gasteiger partial charge is 0.387 e. The van der Waals surface area contributed by atoms with Crippen LogP contribution < -0.4 is 10.1 Å². The van der Waals surface area contributed by atoms with Crippen molar-refractivity contribution in [2.45, 2.75) is 19.1 Å². The first-order chi connectivity index (χ1) is 12.5. The number of halogens is 4. The van der Waals surface area contributed by atoms with Gasteiger partial charge in [-0.15, -0.1) is 12.4 Å². The Morgan fingerprint density at radius 2 is 2.00 bits per heavy atom. The number of nitrogens with zero attached hydrogens (tertiary/aromatic N) is 1. The Labute approximate surface area is 167 Å². The van der Waals surface area contributed by atoms with E-state index in [1.165, 1.54) is 12.1 Å². The lowest BCUT2D eigenvalue weighted by molar-refractivity contribution is -0.133. The van der Waals surface area contributed by atoms with Crippen LogP contribution in [0.15, 0.2) is 48.5 Å². The highest BCUT2D eigenvalue weighted by Gasteiger charge is 2.27. The Kier molecular flexibility index (Phi) is 7.83. The van der Waals surface area contributed by atoms with Crippen LogP contribution in [-0.2, 0) is 11.2 Å². The third kappa shape index (κ3) is 5.79. The molecule has 1 unspecified atom stereocenters. The summed E-state index contributed by atoms with van der Waals surface area (Å²) in [5.41, 5.74) is 1.73. The number of benzene rings is 2. The van der Waals surface area contributed by atoms with E-state index in [2.05, 4.69) is 10.1 Å². The summed E-state index contributed by atoms with van der Waals surface area (Å²) in [7, 11) is 0. The van der Waals surface area contributed by atoms with E-state index in [1.54, 1.807) is 18.2 Å². The van der Waals surface area contributed by atoms with E-state index in [-0.39, 0.29) is 36.5 Å². The molecule has 2 aromatic rings. The van der Waals surface area contributed by atoms with E-state index in [4.69, 9.17) is 11.6 Å². The van der Waals surface area contributed by atoms with Crippen LogP contribution in [0.25, 0.3) is 0 Å². The van der Waals surface area contributed by atoms with Gasteiger partial charge in [0.25, 0.3) is 0 Å². The first kappa shape index (κ1) is 21.4. The summed E-state index contributed by atoms with van der Waals surface area (Å²) in [5.74, 6) is 0.0641. The minimum atomic E-state index is -2.86. The predicted octanol–water partition coefficient (Wildman–Crippen LogP) is 4.08. The number of ether oxygens (including phenoxy) is 1. The predicted molar refractivity (Wildman–Crippen MR) is 103 cm³/mol. The third-order valence-corrected chi connectivity index (χ3v) is 4.54. The summed E-state index contributed by atoms with van der Waals surface area (Å²) >= 11 is 6.08. The largest absolute Gasteiger partial charge is 0.435 e. The molecule has 0 saturated carbocycles. The van der Waals surface area contributed by atoms with Crippen LogP contribution >= 0.6 is 24.0 Å². The molecule has 1 fully saturated rings. The monoisotopic (exact) mass is 416 g/mol. The van der Waals surface area contributed by atoms with E-state index in [0.717, 1.165) is 17.7 Å². The van der Waals surface area contributed by atoms with Crippen molar-refractivity contribution in [3.05, 3.63) is 64.7 Å². The fourth-order valence-electron chi connectivity index (χ4n) is 3.08. The Balaban J connectivity index is 0.00000261. The van der Waals surface area contributed by atoms with Crippen LogP contribution in [0.1, 0.15) is 17.2 Å². The lowest BCUT2D eigenvalue weighted by Crippen LogP contribution is -2.49. The molecule has 1 aliphatic rings. The quantitative estimate of drug-likeness (QED) is 0.798. The lowest BCUT2D eigenvalue weighted by Gasteiger charge is -2.36. The lowest BCUT2D eigenvalue weighted by atomic mass is 10.0. The Bertz CT molecular complexity index is 760. The maximum Gasteiger partial charge on any atom is 0.387 e. The molecule has 0 radical (unpaired) electrons. The van der Waals surface area contributed by atoms with Gasteiger partial charge in [-0.1, -0.05) is 35.9 Å². The van der Waals surface area contributed by atoms with Gasteiger partial charge in [-0.2, -0.15) is 8.78 Å². The molecule has 3 rings (SSSR count). The first-order valence-corrected chi connectivity index (χ1v) is 8.70. The molecule has 0 spiro atoms. The number of piperazine rings is 1. The highest BCUT2D eigenvalue weighted by Crippen LogP contribution is 2.25. The van der Waals surface area contributed by atoms with Crippen LogP contribution in [0.5, 0.6) is 5.75 Å². The average Bonchev–Trinajstić information content (AvgIpc) is 2.63. The molecule has 27 heavy (non-hydrogen) atoms. The van der Waals surface area contributed by atoms with Crippen LogP contribution in [0.3, 0.4) is 0 Å². The number of carbonyl (C=O) groups excluding carboxylic acids is 1. The fourth-order valence-corrected chi connectivity index (χ4v) is 3.28. The maximum absolute atomic E-state index is 12.8. The molecular formula is C19H20Cl2F2N2O2. The van der Waals surface area contributed by atoms with E-state index in [0.29, 0.717) is 18.1 Å². The number of amides is 1. The van der Waals surface area contributed by atoms with Crippen LogP contribution in [-0.4, -0.2) is 37.1 Å². The minimum absolute atomic E-state index is 0. The van der Waals surface area contributed by atoms with Crippen molar-refractivity contribution in [3.8, 4) is 5.75 Å². The van der Waals surface area contributed by atoms with Gasteiger partial charge in [-0.05, 0) is 35.4 Å². The first-order valence-electron chi connectivity index (χ1n) is 8.32. The second kappa shape index (κ2) is 9.88. The molecule has 0 bridgehead atoms. The van der Waals surface area contributed by atoms with E-state index in [9.17, 15) is 13.6 Å². The summed E-state index contributed by atoms with van der Waals surface area (Å²) in [6.07, 6.45) is 0.200. The van der Waals surface area contributed by atoms with Gasteiger partial charge in [-0.3, -0.25) is 4.79 Å². The molecule has 1 aliphatic heterocycles. The normalized spacial score (nSPS) is 16.7. The topological polar surface area (TPSA) is 41.6 Å². The molecule has 0 aliphatic carbocycles. The van der Waals surface area contributed by atoms with Crippen LogP contribution in [0.2, 0.25) is 5.02 Å². The van der Waals surface area contributed by atoms with Crippen LogP contribution in [0, 0.1) is 0 Å². The van der Waals surface area contributed by atoms with Crippen molar-refractivity contribution < 1.29 is 18.3 Å². The highest BCUT2D eigenvalue weighted by atomic mass is 35.5. The van der Waals surface area contributed by atoms with E-state index >= 15 is 0 Å². The second-order valence-electron chi connectivity index (χ2n) is 6.06. The summed E-state index contributed by atoms with van der Waals surface area (Å²) in [6.45, 7) is -0.874. The van der Waals surface area contributed by atoms with Crippen molar-refractivity contribution in [3.63, 3.8) is 0 Å². The summed E-state index contributed by atoms with van der Waals surface area (Å²) in [4.78, 5) is 14.7. The van der Waals surface area contributed by atoms with Gasteiger partial charge in [0, 0.05) is 24.7 Å². The standard InChI is InChI=1S/C19H19ClF2N2O2.ClH/c20-15-3-1-2-14(11-15)17-12-23-8-9-24(17)18(25)10-13-4-6-16(7-5-13)26-19(21)22;/h1-7,11,17,19,23H,8-10,12H2;1H. The van der Waals surface area contributed by atoms with Gasteiger partial charge in [0.1, 0.15) is 5.75 Å². The molecule has 1 heterocycles. The zero-order chi connectivity index (χ0) is 18.5. The van der Waals surface area contributed by atoms with E-state index in [1.807, 2.05) is 23.1 Å². The number of alkyl halides is 2. The fraction of sp³-hybridized carbons (Fsp3) is 0.316. The zero-order valence-electron chi connectivity index (χ0n) is 14.4. The van der Waals surface area contributed by atoms with Gasteiger partial charge in [0.15, 0.2) is 0 Å². The molecule has 1 N–H and O–H groups in total. The maximum atomic E-state index is 12.8. The highest BCUT2D eigenvalue weighted by molar-refractivity contribution is 6.30. The zero-order valence-corrected chi connectivity index (χ0v) is 16.0. The minimum Gasteiger partial charge on any atom is -0.435 e. The number of nitrogens with one attached hydrogen (secondary N) is 1. The van der Waals surface area contributed by atoms with Crippen molar-refractivity contribution in [1.82, 2.24) is 10.2 Å². The SMILES string of the molecule is Cl.O=C(Cc1ccc(OC(F)F)cc1)N1CCNCC1c1cccc(Cl)c1. The van der Waals surface area contributed by atoms with Gasteiger partial charge in [0.2, 0.25) is 5.91 Å². The van der Waals surface area contributed by atoms with Crippen molar-refractivity contribution >= 4 is 29.9 Å². The molecule has 1 atom stereocenters. The third-order valence-electron chi connectivity index (χ3n) is 4.30.